The molecule has 0 aromatic heterocycles. The largest absolute Gasteiger partial charge is 0.493 e. The number of benzene rings is 1. The zero-order chi connectivity index (χ0) is 13.8. The highest BCUT2D eigenvalue weighted by Crippen LogP contribution is 2.29. The van der Waals surface area contributed by atoms with Gasteiger partial charge in [0.1, 0.15) is 5.75 Å². The van der Waals surface area contributed by atoms with Crippen LogP contribution in [0.4, 0.5) is 0 Å². The van der Waals surface area contributed by atoms with Crippen molar-refractivity contribution in [3.05, 3.63) is 39.9 Å². The van der Waals surface area contributed by atoms with E-state index in [1.165, 1.54) is 24.0 Å². The maximum absolute atomic E-state index is 5.96. The van der Waals surface area contributed by atoms with Gasteiger partial charge in [0.2, 0.25) is 0 Å². The van der Waals surface area contributed by atoms with Crippen LogP contribution >= 0.6 is 15.9 Å². The molecule has 104 valence electrons. The lowest BCUT2D eigenvalue weighted by Crippen LogP contribution is -2.16. The summed E-state index contributed by atoms with van der Waals surface area (Å²) in [6, 6.07) is 4.97. The maximum Gasteiger partial charge on any atom is 0.126 e. The summed E-state index contributed by atoms with van der Waals surface area (Å²) in [6.07, 6.45) is 3.52. The Morgan fingerprint density at radius 1 is 1.47 bits per heavy atom. The zero-order valence-corrected chi connectivity index (χ0v) is 13.3. The minimum absolute atomic E-state index is 0.703. The zero-order valence-electron chi connectivity index (χ0n) is 11.8. The van der Waals surface area contributed by atoms with Gasteiger partial charge in [0, 0.05) is 29.0 Å². The van der Waals surface area contributed by atoms with Crippen LogP contribution in [0.5, 0.6) is 5.75 Å². The summed E-state index contributed by atoms with van der Waals surface area (Å²) in [5.41, 5.74) is 3.58. The molecule has 2 rings (SSSR count). The summed E-state index contributed by atoms with van der Waals surface area (Å²) in [4.78, 5) is 0. The second-order valence-electron chi connectivity index (χ2n) is 5.42. The highest BCUT2D eigenvalue weighted by Gasteiger charge is 2.21. The van der Waals surface area contributed by atoms with E-state index in [9.17, 15) is 0 Å². The minimum Gasteiger partial charge on any atom is -0.493 e. The topological polar surface area (TPSA) is 21.3 Å². The number of rotatable bonds is 7. The van der Waals surface area contributed by atoms with Crippen LogP contribution in [0.2, 0.25) is 0 Å². The van der Waals surface area contributed by atoms with E-state index in [-0.39, 0.29) is 0 Å². The summed E-state index contributed by atoms with van der Waals surface area (Å²) >= 11 is 3.56. The summed E-state index contributed by atoms with van der Waals surface area (Å²) < 4.78 is 7.08. The lowest BCUT2D eigenvalue weighted by Gasteiger charge is -2.15. The van der Waals surface area contributed by atoms with Crippen LogP contribution in [0.3, 0.4) is 0 Å². The van der Waals surface area contributed by atoms with Crippen LogP contribution in [-0.4, -0.2) is 12.6 Å². The highest BCUT2D eigenvalue weighted by atomic mass is 79.9. The molecular weight excluding hydrogens is 302 g/mol. The fourth-order valence-corrected chi connectivity index (χ4v) is 2.63. The molecule has 0 bridgehead atoms. The average Bonchev–Trinajstić information content (AvgIpc) is 3.12. The van der Waals surface area contributed by atoms with Crippen molar-refractivity contribution in [3.63, 3.8) is 0 Å². The van der Waals surface area contributed by atoms with Gasteiger partial charge in [-0.15, -0.1) is 6.58 Å². The molecule has 0 aliphatic heterocycles. The van der Waals surface area contributed by atoms with Crippen molar-refractivity contribution in [3.8, 4) is 5.75 Å². The normalized spacial score (nSPS) is 14.5. The van der Waals surface area contributed by atoms with Gasteiger partial charge in [-0.2, -0.15) is 0 Å². The van der Waals surface area contributed by atoms with Crippen LogP contribution in [0, 0.1) is 6.92 Å². The van der Waals surface area contributed by atoms with E-state index in [0.717, 1.165) is 28.8 Å². The molecule has 0 amide bonds. The van der Waals surface area contributed by atoms with E-state index in [4.69, 9.17) is 4.74 Å². The number of halogens is 1. The first-order valence-electron chi connectivity index (χ1n) is 6.86. The molecule has 1 saturated carbocycles. The monoisotopic (exact) mass is 323 g/mol. The van der Waals surface area contributed by atoms with E-state index in [1.54, 1.807) is 0 Å². The van der Waals surface area contributed by atoms with Crippen molar-refractivity contribution in [2.75, 3.05) is 6.61 Å². The fourth-order valence-electron chi connectivity index (χ4n) is 2.01. The summed E-state index contributed by atoms with van der Waals surface area (Å²) in [6.45, 7) is 9.63. The molecule has 0 atom stereocenters. The minimum atomic E-state index is 0.703. The molecule has 3 heteroatoms. The van der Waals surface area contributed by atoms with E-state index in [1.807, 2.05) is 6.92 Å². The predicted molar refractivity (Wildman–Crippen MR) is 83.7 cm³/mol. The van der Waals surface area contributed by atoms with Crippen LogP contribution in [0.25, 0.3) is 0 Å². The van der Waals surface area contributed by atoms with Crippen molar-refractivity contribution in [1.82, 2.24) is 5.32 Å². The van der Waals surface area contributed by atoms with Gasteiger partial charge >= 0.3 is 0 Å². The predicted octanol–water partition coefficient (Wildman–Crippen LogP) is 4.35. The van der Waals surface area contributed by atoms with E-state index in [2.05, 4.69) is 46.9 Å². The average molecular weight is 324 g/mol. The third-order valence-corrected chi connectivity index (χ3v) is 3.71. The number of hydrogen-bond acceptors (Lipinski definition) is 2. The lowest BCUT2D eigenvalue weighted by atomic mass is 10.1. The maximum atomic E-state index is 5.96. The third-order valence-electron chi connectivity index (χ3n) is 3.25. The Morgan fingerprint density at radius 3 is 2.84 bits per heavy atom. The molecule has 1 N–H and O–H groups in total. The summed E-state index contributed by atoms with van der Waals surface area (Å²) in [5, 5.41) is 3.55. The van der Waals surface area contributed by atoms with Gasteiger partial charge in [0.25, 0.3) is 0 Å². The van der Waals surface area contributed by atoms with Gasteiger partial charge in [0.15, 0.2) is 0 Å². The first kappa shape index (κ1) is 14.6. The molecule has 0 saturated heterocycles. The van der Waals surface area contributed by atoms with Gasteiger partial charge < -0.3 is 10.1 Å². The smallest absolute Gasteiger partial charge is 0.126 e. The van der Waals surface area contributed by atoms with Crippen molar-refractivity contribution in [2.24, 2.45) is 0 Å². The van der Waals surface area contributed by atoms with Crippen molar-refractivity contribution in [1.29, 1.82) is 0 Å². The van der Waals surface area contributed by atoms with Crippen molar-refractivity contribution >= 4 is 15.9 Å². The van der Waals surface area contributed by atoms with E-state index >= 15 is 0 Å². The molecule has 1 aromatic carbocycles. The third kappa shape index (κ3) is 4.66. The van der Waals surface area contributed by atoms with Crippen LogP contribution < -0.4 is 10.1 Å². The van der Waals surface area contributed by atoms with Crippen LogP contribution in [0.1, 0.15) is 37.3 Å². The molecule has 1 fully saturated rings. The molecule has 1 aliphatic rings. The van der Waals surface area contributed by atoms with Crippen LogP contribution in [-0.2, 0) is 6.54 Å². The quantitative estimate of drug-likeness (QED) is 0.753. The molecule has 0 spiro atoms. The Labute approximate surface area is 124 Å². The Balaban J connectivity index is 2.05. The molecule has 0 unspecified atom stereocenters. The van der Waals surface area contributed by atoms with Gasteiger partial charge in [-0.25, -0.2) is 0 Å². The number of aryl methyl sites for hydroxylation is 1. The number of hydrogen-bond donors (Lipinski definition) is 1. The summed E-state index contributed by atoms with van der Waals surface area (Å²) in [7, 11) is 0. The highest BCUT2D eigenvalue weighted by molar-refractivity contribution is 9.10. The summed E-state index contributed by atoms with van der Waals surface area (Å²) in [5.74, 6) is 1.03. The second kappa shape index (κ2) is 6.58. The number of ether oxygens (including phenoxy) is 1. The van der Waals surface area contributed by atoms with E-state index in [0.29, 0.717) is 12.6 Å². The van der Waals surface area contributed by atoms with Gasteiger partial charge in [-0.05, 0) is 44.4 Å². The molecule has 19 heavy (non-hydrogen) atoms. The SMILES string of the molecule is C=C(C)CCOc1c(C)cc(Br)cc1CNC1CC1. The molecule has 1 aromatic rings. The molecule has 0 radical (unpaired) electrons. The van der Waals surface area contributed by atoms with Crippen LogP contribution in [0.15, 0.2) is 28.8 Å². The Bertz CT molecular complexity index is 466. The molecule has 2 nitrogen and oxygen atoms in total. The Hall–Kier alpha value is -0.800. The first-order chi connectivity index (χ1) is 9.06. The van der Waals surface area contributed by atoms with Crippen molar-refractivity contribution < 1.29 is 4.74 Å². The fraction of sp³-hybridized carbons (Fsp3) is 0.500. The Morgan fingerprint density at radius 2 is 2.21 bits per heavy atom. The van der Waals surface area contributed by atoms with Gasteiger partial charge in [-0.3, -0.25) is 0 Å². The van der Waals surface area contributed by atoms with Crippen molar-refractivity contribution in [2.45, 2.75) is 45.7 Å². The van der Waals surface area contributed by atoms with Gasteiger partial charge in [0.05, 0.1) is 6.61 Å². The van der Waals surface area contributed by atoms with Gasteiger partial charge in [-0.1, -0.05) is 21.5 Å². The number of nitrogens with one attached hydrogen (secondary N) is 1. The Kier molecular flexibility index (Phi) is 5.06. The molecule has 1 aliphatic carbocycles. The molecular formula is C16H22BrNO. The molecule has 0 heterocycles. The second-order valence-corrected chi connectivity index (χ2v) is 6.34. The first-order valence-corrected chi connectivity index (χ1v) is 7.65. The lowest BCUT2D eigenvalue weighted by molar-refractivity contribution is 0.315. The van der Waals surface area contributed by atoms with E-state index < -0.39 is 0 Å². The standard InChI is InChI=1S/C16H22BrNO/c1-11(2)6-7-19-16-12(3)8-14(17)9-13(16)10-18-15-4-5-15/h8-9,15,18H,1,4-7,10H2,2-3H3.